The van der Waals surface area contributed by atoms with Gasteiger partial charge in [0, 0.05) is 19.1 Å². The molecule has 0 spiro atoms. The van der Waals surface area contributed by atoms with E-state index in [0.29, 0.717) is 6.04 Å². The van der Waals surface area contributed by atoms with Crippen molar-refractivity contribution in [3.63, 3.8) is 0 Å². The van der Waals surface area contributed by atoms with Crippen molar-refractivity contribution in [2.24, 2.45) is 10.9 Å². The molecule has 2 aliphatic rings. The number of guanidine groups is 1. The smallest absolute Gasteiger partial charge is 0.233 e. The molecule has 0 aromatic carbocycles. The molecule has 0 aromatic rings. The van der Waals surface area contributed by atoms with Gasteiger partial charge >= 0.3 is 0 Å². The Kier molecular flexibility index (Phi) is 2.77. The van der Waals surface area contributed by atoms with Crippen LogP contribution in [0.25, 0.3) is 0 Å². The van der Waals surface area contributed by atoms with Gasteiger partial charge in [-0.1, -0.05) is 5.16 Å². The molecular weight excluding hydrogens is 180 g/mol. The van der Waals surface area contributed by atoms with Crippen molar-refractivity contribution >= 4 is 5.96 Å². The Morgan fingerprint density at radius 1 is 1.29 bits per heavy atom. The summed E-state index contributed by atoms with van der Waals surface area (Å²) in [6.45, 7) is 4.26. The van der Waals surface area contributed by atoms with Gasteiger partial charge in [0.05, 0.1) is 0 Å². The van der Waals surface area contributed by atoms with Gasteiger partial charge in [-0.3, -0.25) is 4.90 Å². The molecule has 0 aliphatic carbocycles. The van der Waals surface area contributed by atoms with Crippen molar-refractivity contribution in [3.05, 3.63) is 0 Å². The lowest BCUT2D eigenvalue weighted by Crippen LogP contribution is -2.39. The van der Waals surface area contributed by atoms with Crippen LogP contribution in [0, 0.1) is 0 Å². The number of oxime groups is 1. The average molecular weight is 198 g/mol. The van der Waals surface area contributed by atoms with Crippen LogP contribution in [0.5, 0.6) is 0 Å². The SMILES string of the molecule is N/C(=N\O)N1CCC(N2CCCC2)C1. The van der Waals surface area contributed by atoms with Gasteiger partial charge in [0.2, 0.25) is 5.96 Å². The quantitative estimate of drug-likeness (QED) is 0.266. The molecule has 14 heavy (non-hydrogen) atoms. The minimum Gasteiger partial charge on any atom is -0.408 e. The third kappa shape index (κ3) is 1.77. The number of hydrogen-bond acceptors (Lipinski definition) is 3. The Labute approximate surface area is 84.2 Å². The second kappa shape index (κ2) is 4.04. The molecule has 0 radical (unpaired) electrons. The van der Waals surface area contributed by atoms with Gasteiger partial charge < -0.3 is 15.8 Å². The summed E-state index contributed by atoms with van der Waals surface area (Å²) in [6.07, 6.45) is 3.77. The lowest BCUT2D eigenvalue weighted by Gasteiger charge is -2.23. The van der Waals surface area contributed by atoms with Gasteiger partial charge in [-0.05, 0) is 32.4 Å². The van der Waals surface area contributed by atoms with E-state index in [1.807, 2.05) is 4.90 Å². The van der Waals surface area contributed by atoms with E-state index in [2.05, 4.69) is 10.1 Å². The van der Waals surface area contributed by atoms with Gasteiger partial charge in [-0.15, -0.1) is 0 Å². The fraction of sp³-hybridized carbons (Fsp3) is 0.889. The largest absolute Gasteiger partial charge is 0.408 e. The lowest BCUT2D eigenvalue weighted by molar-refractivity contribution is 0.247. The van der Waals surface area contributed by atoms with Crippen LogP contribution in [0.4, 0.5) is 0 Å². The van der Waals surface area contributed by atoms with Crippen molar-refractivity contribution < 1.29 is 5.21 Å². The molecule has 2 saturated heterocycles. The van der Waals surface area contributed by atoms with Crippen molar-refractivity contribution in [3.8, 4) is 0 Å². The Balaban J connectivity index is 1.87. The third-order valence-electron chi connectivity index (χ3n) is 3.25. The molecule has 0 amide bonds. The van der Waals surface area contributed by atoms with E-state index in [0.717, 1.165) is 19.5 Å². The van der Waals surface area contributed by atoms with Gasteiger partial charge in [0.25, 0.3) is 0 Å². The van der Waals surface area contributed by atoms with Gasteiger partial charge in [0.1, 0.15) is 0 Å². The summed E-state index contributed by atoms with van der Waals surface area (Å²) in [6, 6.07) is 0.609. The molecule has 2 rings (SSSR count). The van der Waals surface area contributed by atoms with Crippen LogP contribution in [-0.4, -0.2) is 53.2 Å². The van der Waals surface area contributed by atoms with Crippen molar-refractivity contribution in [1.29, 1.82) is 0 Å². The molecule has 1 unspecified atom stereocenters. The Hall–Kier alpha value is -0.970. The fourth-order valence-electron chi connectivity index (χ4n) is 2.42. The van der Waals surface area contributed by atoms with E-state index in [4.69, 9.17) is 10.9 Å². The first-order valence-electron chi connectivity index (χ1n) is 5.28. The minimum absolute atomic E-state index is 0.256. The summed E-state index contributed by atoms with van der Waals surface area (Å²) in [7, 11) is 0. The maximum atomic E-state index is 8.55. The van der Waals surface area contributed by atoms with Gasteiger partial charge in [-0.2, -0.15) is 0 Å². The predicted octanol–water partition coefficient (Wildman–Crippen LogP) is -0.140. The summed E-state index contributed by atoms with van der Waals surface area (Å²) in [5.74, 6) is 0.256. The molecule has 2 aliphatic heterocycles. The molecule has 5 heteroatoms. The molecule has 2 heterocycles. The highest BCUT2D eigenvalue weighted by Gasteiger charge is 2.30. The van der Waals surface area contributed by atoms with E-state index >= 15 is 0 Å². The van der Waals surface area contributed by atoms with Crippen LogP contribution >= 0.6 is 0 Å². The molecule has 1 atom stereocenters. The molecule has 0 aromatic heterocycles. The van der Waals surface area contributed by atoms with Crippen LogP contribution in [0.2, 0.25) is 0 Å². The number of rotatable bonds is 1. The first-order chi connectivity index (χ1) is 6.81. The molecule has 2 fully saturated rings. The minimum atomic E-state index is 0.256. The summed E-state index contributed by atoms with van der Waals surface area (Å²) in [4.78, 5) is 4.47. The summed E-state index contributed by atoms with van der Waals surface area (Å²) in [5.41, 5.74) is 5.55. The first kappa shape index (κ1) is 9.58. The normalized spacial score (nSPS) is 30.1. The second-order valence-corrected chi connectivity index (χ2v) is 4.09. The summed E-state index contributed by atoms with van der Waals surface area (Å²) < 4.78 is 0. The highest BCUT2D eigenvalue weighted by atomic mass is 16.4. The monoisotopic (exact) mass is 198 g/mol. The molecule has 5 nitrogen and oxygen atoms in total. The van der Waals surface area contributed by atoms with Crippen LogP contribution in [0.3, 0.4) is 0 Å². The maximum absolute atomic E-state index is 8.55. The molecule has 0 bridgehead atoms. The average Bonchev–Trinajstić information content (AvgIpc) is 2.86. The number of nitrogens with zero attached hydrogens (tertiary/aromatic N) is 3. The number of nitrogens with two attached hydrogens (primary N) is 1. The molecule has 0 saturated carbocycles. The zero-order valence-electron chi connectivity index (χ0n) is 8.39. The van der Waals surface area contributed by atoms with E-state index in [-0.39, 0.29) is 5.96 Å². The second-order valence-electron chi connectivity index (χ2n) is 4.09. The summed E-state index contributed by atoms with van der Waals surface area (Å²) in [5, 5.41) is 11.6. The molecule has 3 N–H and O–H groups in total. The van der Waals surface area contributed by atoms with Crippen LogP contribution in [0.15, 0.2) is 5.16 Å². The van der Waals surface area contributed by atoms with Gasteiger partial charge in [-0.25, -0.2) is 0 Å². The predicted molar refractivity (Wildman–Crippen MR) is 54.2 cm³/mol. The highest BCUT2D eigenvalue weighted by Crippen LogP contribution is 2.19. The zero-order valence-corrected chi connectivity index (χ0v) is 8.39. The van der Waals surface area contributed by atoms with Crippen molar-refractivity contribution in [2.45, 2.75) is 25.3 Å². The van der Waals surface area contributed by atoms with Crippen LogP contribution in [0.1, 0.15) is 19.3 Å². The zero-order chi connectivity index (χ0) is 9.97. The Morgan fingerprint density at radius 2 is 2.00 bits per heavy atom. The summed E-state index contributed by atoms with van der Waals surface area (Å²) >= 11 is 0. The lowest BCUT2D eigenvalue weighted by atomic mass is 10.2. The van der Waals surface area contributed by atoms with Crippen LogP contribution < -0.4 is 5.73 Å². The number of likely N-dealkylation sites (tertiary alicyclic amines) is 2. The topological polar surface area (TPSA) is 65.1 Å². The van der Waals surface area contributed by atoms with E-state index in [1.54, 1.807) is 0 Å². The third-order valence-corrected chi connectivity index (χ3v) is 3.25. The van der Waals surface area contributed by atoms with E-state index in [9.17, 15) is 0 Å². The number of hydrogen-bond donors (Lipinski definition) is 2. The Bertz CT molecular complexity index is 225. The van der Waals surface area contributed by atoms with Crippen LogP contribution in [-0.2, 0) is 0 Å². The highest BCUT2D eigenvalue weighted by molar-refractivity contribution is 5.77. The fourth-order valence-corrected chi connectivity index (χ4v) is 2.42. The van der Waals surface area contributed by atoms with Gasteiger partial charge in [0.15, 0.2) is 0 Å². The van der Waals surface area contributed by atoms with Crippen molar-refractivity contribution in [2.75, 3.05) is 26.2 Å². The van der Waals surface area contributed by atoms with E-state index < -0.39 is 0 Å². The molecular formula is C9H18N4O. The maximum Gasteiger partial charge on any atom is 0.233 e. The Morgan fingerprint density at radius 3 is 2.64 bits per heavy atom. The molecule has 80 valence electrons. The van der Waals surface area contributed by atoms with Crippen molar-refractivity contribution in [1.82, 2.24) is 9.80 Å². The first-order valence-corrected chi connectivity index (χ1v) is 5.28. The van der Waals surface area contributed by atoms with E-state index in [1.165, 1.54) is 25.9 Å². The standard InChI is InChI=1S/C9H18N4O/c10-9(11-14)13-6-3-8(7-13)12-4-1-2-5-12/h8,14H,1-7H2,(H2,10,11).